The Labute approximate surface area is 108 Å². The zero-order valence-corrected chi connectivity index (χ0v) is 12.6. The number of hydrogen-bond acceptors (Lipinski definition) is 2. The number of rotatable bonds is 11. The van der Waals surface area contributed by atoms with Gasteiger partial charge in [-0.05, 0) is 12.8 Å². The summed E-state index contributed by atoms with van der Waals surface area (Å²) in [6.07, 6.45) is 10.1. The highest BCUT2D eigenvalue weighted by Gasteiger charge is 2.33. The second-order valence-electron chi connectivity index (χ2n) is 5.37. The van der Waals surface area contributed by atoms with E-state index in [1.54, 1.807) is 14.2 Å². The Hall–Kier alpha value is -0.0800. The molecule has 2 heteroatoms. The summed E-state index contributed by atoms with van der Waals surface area (Å²) in [4.78, 5) is 0. The predicted octanol–water partition coefficient (Wildman–Crippen LogP) is 4.77. The number of unbranched alkanes of at least 4 members (excludes halogenated alkanes) is 4. The van der Waals surface area contributed by atoms with Gasteiger partial charge in [0.2, 0.25) is 0 Å². The summed E-state index contributed by atoms with van der Waals surface area (Å²) < 4.78 is 11.0. The smallest absolute Gasteiger partial charge is 0.162 e. The van der Waals surface area contributed by atoms with Gasteiger partial charge in [-0.3, -0.25) is 0 Å². The van der Waals surface area contributed by atoms with Gasteiger partial charge in [0.1, 0.15) is 0 Å². The first-order valence-electron chi connectivity index (χ1n) is 7.20. The summed E-state index contributed by atoms with van der Waals surface area (Å²) in [5, 5.41) is 0. The third kappa shape index (κ3) is 6.42. The highest BCUT2D eigenvalue weighted by Crippen LogP contribution is 2.36. The van der Waals surface area contributed by atoms with Crippen LogP contribution in [0.3, 0.4) is 0 Å². The maximum atomic E-state index is 5.50. The fraction of sp³-hybridized carbons (Fsp3) is 1.00. The van der Waals surface area contributed by atoms with E-state index >= 15 is 0 Å². The molecule has 0 rings (SSSR count). The topological polar surface area (TPSA) is 18.5 Å². The molecule has 1 unspecified atom stereocenters. The molecule has 0 fully saturated rings. The molecular formula is C15H32O2. The highest BCUT2D eigenvalue weighted by molar-refractivity contribution is 4.78. The number of hydrogen-bond donors (Lipinski definition) is 0. The van der Waals surface area contributed by atoms with Gasteiger partial charge in [-0.25, -0.2) is 0 Å². The van der Waals surface area contributed by atoms with Gasteiger partial charge in [-0.2, -0.15) is 0 Å². The van der Waals surface area contributed by atoms with Gasteiger partial charge >= 0.3 is 0 Å². The summed E-state index contributed by atoms with van der Waals surface area (Å²) in [5.74, 6) is 0. The van der Waals surface area contributed by atoms with Crippen molar-refractivity contribution in [1.29, 1.82) is 0 Å². The Balaban J connectivity index is 4.26. The molecule has 0 aromatic carbocycles. The minimum atomic E-state index is -0.0596. The maximum absolute atomic E-state index is 5.50. The number of ether oxygens (including phenoxy) is 2. The van der Waals surface area contributed by atoms with Crippen LogP contribution in [0.5, 0.6) is 0 Å². The van der Waals surface area contributed by atoms with Crippen LogP contribution in [-0.4, -0.2) is 20.5 Å². The van der Waals surface area contributed by atoms with E-state index in [2.05, 4.69) is 20.8 Å². The third-order valence-corrected chi connectivity index (χ3v) is 3.70. The van der Waals surface area contributed by atoms with E-state index in [0.29, 0.717) is 0 Å². The van der Waals surface area contributed by atoms with Gasteiger partial charge in [-0.15, -0.1) is 0 Å². The lowest BCUT2D eigenvalue weighted by Gasteiger charge is -2.36. The molecule has 104 valence electrons. The molecule has 0 aliphatic heterocycles. The summed E-state index contributed by atoms with van der Waals surface area (Å²) >= 11 is 0. The molecule has 0 saturated carbocycles. The van der Waals surface area contributed by atoms with E-state index in [-0.39, 0.29) is 11.7 Å². The Morgan fingerprint density at radius 1 is 0.824 bits per heavy atom. The Morgan fingerprint density at radius 2 is 1.35 bits per heavy atom. The Bertz CT molecular complexity index is 166. The summed E-state index contributed by atoms with van der Waals surface area (Å²) in [6, 6.07) is 0. The van der Waals surface area contributed by atoms with Crippen LogP contribution in [0.1, 0.15) is 72.1 Å². The largest absolute Gasteiger partial charge is 0.355 e. The zero-order chi connectivity index (χ0) is 13.1. The second-order valence-corrected chi connectivity index (χ2v) is 5.37. The van der Waals surface area contributed by atoms with Crippen LogP contribution in [0.15, 0.2) is 0 Å². The van der Waals surface area contributed by atoms with E-state index in [4.69, 9.17) is 9.47 Å². The minimum absolute atomic E-state index is 0.0596. The molecule has 0 bridgehead atoms. The van der Waals surface area contributed by atoms with E-state index in [9.17, 15) is 0 Å². The summed E-state index contributed by atoms with van der Waals surface area (Å²) in [5.41, 5.74) is 0.174. The van der Waals surface area contributed by atoms with E-state index in [1.807, 2.05) is 0 Å². The normalized spacial score (nSPS) is 15.2. The first kappa shape index (κ1) is 16.9. The van der Waals surface area contributed by atoms with Gasteiger partial charge in [0, 0.05) is 19.6 Å². The van der Waals surface area contributed by atoms with E-state index in [1.165, 1.54) is 51.4 Å². The molecule has 0 radical (unpaired) electrons. The predicted molar refractivity (Wildman–Crippen MR) is 74.2 cm³/mol. The second kappa shape index (κ2) is 9.90. The van der Waals surface area contributed by atoms with Gasteiger partial charge in [0.25, 0.3) is 0 Å². The van der Waals surface area contributed by atoms with E-state index in [0.717, 1.165) is 0 Å². The Kier molecular flexibility index (Phi) is 9.85. The van der Waals surface area contributed by atoms with Crippen LogP contribution in [0.4, 0.5) is 0 Å². The maximum Gasteiger partial charge on any atom is 0.162 e. The lowest BCUT2D eigenvalue weighted by atomic mass is 9.79. The van der Waals surface area contributed by atoms with Crippen LogP contribution < -0.4 is 0 Å². The quantitative estimate of drug-likeness (QED) is 0.385. The third-order valence-electron chi connectivity index (χ3n) is 3.70. The van der Waals surface area contributed by atoms with Crippen molar-refractivity contribution in [1.82, 2.24) is 0 Å². The lowest BCUT2D eigenvalue weighted by Crippen LogP contribution is -2.35. The van der Waals surface area contributed by atoms with Crippen molar-refractivity contribution in [3.8, 4) is 0 Å². The molecule has 0 spiro atoms. The lowest BCUT2D eigenvalue weighted by molar-refractivity contribution is -0.178. The Morgan fingerprint density at radius 3 is 1.82 bits per heavy atom. The van der Waals surface area contributed by atoms with Crippen LogP contribution in [0.25, 0.3) is 0 Å². The highest BCUT2D eigenvalue weighted by atomic mass is 16.7. The van der Waals surface area contributed by atoms with Gasteiger partial charge in [-0.1, -0.05) is 59.3 Å². The molecular weight excluding hydrogens is 212 g/mol. The van der Waals surface area contributed by atoms with Gasteiger partial charge < -0.3 is 9.47 Å². The fourth-order valence-electron chi connectivity index (χ4n) is 2.56. The molecule has 0 aliphatic carbocycles. The molecule has 0 saturated heterocycles. The van der Waals surface area contributed by atoms with Crippen molar-refractivity contribution < 1.29 is 9.47 Å². The van der Waals surface area contributed by atoms with Crippen molar-refractivity contribution in [2.75, 3.05) is 14.2 Å². The first-order valence-corrected chi connectivity index (χ1v) is 7.20. The van der Waals surface area contributed by atoms with Crippen LogP contribution in [-0.2, 0) is 9.47 Å². The van der Waals surface area contributed by atoms with E-state index < -0.39 is 0 Å². The van der Waals surface area contributed by atoms with Crippen molar-refractivity contribution in [3.63, 3.8) is 0 Å². The zero-order valence-electron chi connectivity index (χ0n) is 12.6. The molecule has 0 amide bonds. The molecule has 17 heavy (non-hydrogen) atoms. The molecule has 0 heterocycles. The van der Waals surface area contributed by atoms with Crippen LogP contribution in [0, 0.1) is 5.41 Å². The summed E-state index contributed by atoms with van der Waals surface area (Å²) in [7, 11) is 3.51. The fourth-order valence-corrected chi connectivity index (χ4v) is 2.56. The molecule has 0 aromatic rings. The van der Waals surface area contributed by atoms with Gasteiger partial charge in [0.15, 0.2) is 6.29 Å². The monoisotopic (exact) mass is 244 g/mol. The van der Waals surface area contributed by atoms with Crippen molar-refractivity contribution in [2.45, 2.75) is 78.4 Å². The SMILES string of the molecule is CCCCCCC(C)(CCCC)C(OC)OC. The first-order chi connectivity index (χ1) is 8.14. The van der Waals surface area contributed by atoms with Crippen molar-refractivity contribution in [3.05, 3.63) is 0 Å². The van der Waals surface area contributed by atoms with Gasteiger partial charge in [0.05, 0.1) is 0 Å². The molecule has 0 aromatic heterocycles. The minimum Gasteiger partial charge on any atom is -0.355 e. The summed E-state index contributed by atoms with van der Waals surface area (Å²) in [6.45, 7) is 6.81. The molecule has 1 atom stereocenters. The van der Waals surface area contributed by atoms with Crippen LogP contribution >= 0.6 is 0 Å². The average molecular weight is 244 g/mol. The molecule has 0 aliphatic rings. The molecule has 2 nitrogen and oxygen atoms in total. The standard InChI is InChI=1S/C15H32O2/c1-6-8-10-11-13-15(3,12-9-7-2)14(16-4)17-5/h14H,6-13H2,1-5H3. The average Bonchev–Trinajstić information content (AvgIpc) is 2.34. The molecule has 0 N–H and O–H groups in total. The number of methoxy groups -OCH3 is 2. The van der Waals surface area contributed by atoms with Crippen LogP contribution in [0.2, 0.25) is 0 Å². The van der Waals surface area contributed by atoms with Crippen molar-refractivity contribution in [2.24, 2.45) is 5.41 Å². The van der Waals surface area contributed by atoms with Crippen molar-refractivity contribution >= 4 is 0 Å².